The molecule has 2 aromatic rings. The zero-order valence-electron chi connectivity index (χ0n) is 8.48. The Kier molecular flexibility index (Phi) is 2.36. The molecule has 0 saturated heterocycles. The molecule has 2 N–H and O–H groups in total. The highest BCUT2D eigenvalue weighted by molar-refractivity contribution is 5.92. The molecule has 1 heterocycles. The molecule has 2 rings (SSSR count). The second-order valence-corrected chi connectivity index (χ2v) is 3.34. The Morgan fingerprint density at radius 1 is 1.38 bits per heavy atom. The van der Waals surface area contributed by atoms with Gasteiger partial charge in [0.1, 0.15) is 11.3 Å². The molecule has 0 aliphatic rings. The van der Waals surface area contributed by atoms with Crippen molar-refractivity contribution in [1.29, 1.82) is 0 Å². The lowest BCUT2D eigenvalue weighted by Gasteiger charge is -2.03. The average molecular weight is 219 g/mol. The Bertz CT molecular complexity index is 615. The lowest BCUT2D eigenvalue weighted by molar-refractivity contribution is -0.114. The van der Waals surface area contributed by atoms with Gasteiger partial charge in [0.05, 0.1) is 11.5 Å². The number of benzene rings is 1. The average Bonchev–Trinajstić information content (AvgIpc) is 2.15. The van der Waals surface area contributed by atoms with Crippen LogP contribution in [0.3, 0.4) is 0 Å². The molecule has 0 aliphatic heterocycles. The van der Waals surface area contributed by atoms with Crippen LogP contribution in [-0.2, 0) is 4.79 Å². The Morgan fingerprint density at radius 2 is 2.12 bits per heavy atom. The summed E-state index contributed by atoms with van der Waals surface area (Å²) in [5.41, 5.74) is 0.106. The van der Waals surface area contributed by atoms with E-state index >= 15 is 0 Å². The maximum Gasteiger partial charge on any atom is 0.339 e. The molecule has 0 unspecified atom stereocenters. The van der Waals surface area contributed by atoms with Crippen molar-refractivity contribution in [1.82, 2.24) is 0 Å². The third-order valence-electron chi connectivity index (χ3n) is 2.04. The number of hydrogen-bond donors (Lipinski definition) is 2. The van der Waals surface area contributed by atoms with Gasteiger partial charge >= 0.3 is 5.63 Å². The van der Waals surface area contributed by atoms with Gasteiger partial charge in [0.15, 0.2) is 0 Å². The summed E-state index contributed by atoms with van der Waals surface area (Å²) in [4.78, 5) is 21.9. The van der Waals surface area contributed by atoms with E-state index in [9.17, 15) is 14.7 Å². The summed E-state index contributed by atoms with van der Waals surface area (Å²) in [5, 5.41) is 12.5. The minimum atomic E-state index is -0.634. The minimum absolute atomic E-state index is 0.138. The van der Waals surface area contributed by atoms with Crippen molar-refractivity contribution in [2.75, 3.05) is 5.32 Å². The molecule has 1 aromatic heterocycles. The van der Waals surface area contributed by atoms with Crippen LogP contribution in [0.2, 0.25) is 0 Å². The molecule has 5 nitrogen and oxygen atoms in total. The highest BCUT2D eigenvalue weighted by atomic mass is 16.4. The molecule has 0 fully saturated rings. The molecule has 0 bridgehead atoms. The van der Waals surface area contributed by atoms with Crippen molar-refractivity contribution >= 4 is 22.6 Å². The van der Waals surface area contributed by atoms with Crippen molar-refractivity contribution in [3.8, 4) is 5.75 Å². The van der Waals surface area contributed by atoms with Crippen molar-refractivity contribution in [2.45, 2.75) is 6.92 Å². The largest absolute Gasteiger partial charge is 0.507 e. The van der Waals surface area contributed by atoms with Gasteiger partial charge in [0.2, 0.25) is 5.91 Å². The lowest BCUT2D eigenvalue weighted by atomic mass is 10.2. The smallest absolute Gasteiger partial charge is 0.339 e. The van der Waals surface area contributed by atoms with Crippen LogP contribution in [0.1, 0.15) is 6.92 Å². The molecule has 0 spiro atoms. The highest BCUT2D eigenvalue weighted by Crippen LogP contribution is 2.24. The van der Waals surface area contributed by atoms with Crippen molar-refractivity contribution in [2.24, 2.45) is 0 Å². The van der Waals surface area contributed by atoms with E-state index < -0.39 is 5.63 Å². The second-order valence-electron chi connectivity index (χ2n) is 3.34. The van der Waals surface area contributed by atoms with Gasteiger partial charge in [0, 0.05) is 18.7 Å². The number of carbonyl (C=O) groups is 1. The van der Waals surface area contributed by atoms with Gasteiger partial charge in [-0.25, -0.2) is 4.79 Å². The van der Waals surface area contributed by atoms with Gasteiger partial charge in [-0.3, -0.25) is 4.79 Å². The van der Waals surface area contributed by atoms with E-state index in [0.29, 0.717) is 11.1 Å². The Balaban J connectivity index is 2.61. The van der Waals surface area contributed by atoms with Crippen LogP contribution in [0.15, 0.2) is 33.5 Å². The van der Waals surface area contributed by atoms with E-state index in [1.54, 1.807) is 12.1 Å². The van der Waals surface area contributed by atoms with Crippen LogP contribution >= 0.6 is 0 Å². The van der Waals surface area contributed by atoms with Gasteiger partial charge in [-0.15, -0.1) is 0 Å². The molecule has 0 atom stereocenters. The number of nitrogens with one attached hydrogen (secondary N) is 1. The fraction of sp³-hybridized carbons (Fsp3) is 0.0909. The van der Waals surface area contributed by atoms with Gasteiger partial charge in [-0.2, -0.15) is 0 Å². The van der Waals surface area contributed by atoms with Crippen molar-refractivity contribution < 1.29 is 14.3 Å². The summed E-state index contributed by atoms with van der Waals surface area (Å²) in [6, 6.07) is 5.67. The van der Waals surface area contributed by atoms with Crippen molar-refractivity contribution in [3.05, 3.63) is 34.7 Å². The summed E-state index contributed by atoms with van der Waals surface area (Å²) in [6.07, 6.45) is 0. The Labute approximate surface area is 90.3 Å². The molecule has 16 heavy (non-hydrogen) atoms. The van der Waals surface area contributed by atoms with E-state index in [-0.39, 0.29) is 17.2 Å². The first kappa shape index (κ1) is 10.2. The van der Waals surface area contributed by atoms with E-state index in [4.69, 9.17) is 4.42 Å². The van der Waals surface area contributed by atoms with E-state index in [0.717, 1.165) is 6.07 Å². The predicted octanol–water partition coefficient (Wildman–Crippen LogP) is 1.46. The van der Waals surface area contributed by atoms with Crippen molar-refractivity contribution in [3.63, 3.8) is 0 Å². The molecule has 0 aliphatic carbocycles. The van der Waals surface area contributed by atoms with Gasteiger partial charge in [0.25, 0.3) is 0 Å². The number of hydrogen-bond acceptors (Lipinski definition) is 4. The SMILES string of the molecule is CC(=O)Nc1ccc2c(O)cc(=O)oc2c1. The van der Waals surface area contributed by atoms with E-state index in [2.05, 4.69) is 5.32 Å². The van der Waals surface area contributed by atoms with Crippen LogP contribution in [0, 0.1) is 0 Å². The lowest BCUT2D eigenvalue weighted by Crippen LogP contribution is -2.05. The van der Waals surface area contributed by atoms with E-state index in [1.165, 1.54) is 13.0 Å². The monoisotopic (exact) mass is 219 g/mol. The fourth-order valence-corrected chi connectivity index (χ4v) is 1.43. The zero-order chi connectivity index (χ0) is 11.7. The summed E-state index contributed by atoms with van der Waals surface area (Å²) in [7, 11) is 0. The predicted molar refractivity (Wildman–Crippen MR) is 58.5 cm³/mol. The normalized spacial score (nSPS) is 10.3. The Hall–Kier alpha value is -2.30. The van der Waals surface area contributed by atoms with Crippen LogP contribution in [0.5, 0.6) is 5.75 Å². The summed E-state index contributed by atoms with van der Waals surface area (Å²) >= 11 is 0. The third kappa shape index (κ3) is 1.88. The zero-order valence-corrected chi connectivity index (χ0v) is 8.48. The number of rotatable bonds is 1. The fourth-order valence-electron chi connectivity index (χ4n) is 1.43. The summed E-state index contributed by atoms with van der Waals surface area (Å²) in [6.45, 7) is 1.38. The number of amides is 1. The molecular weight excluding hydrogens is 210 g/mol. The molecule has 0 radical (unpaired) electrons. The molecule has 5 heteroatoms. The third-order valence-corrected chi connectivity index (χ3v) is 2.04. The quantitative estimate of drug-likeness (QED) is 0.711. The summed E-state index contributed by atoms with van der Waals surface area (Å²) in [5.74, 6) is -0.359. The Morgan fingerprint density at radius 3 is 2.81 bits per heavy atom. The first-order chi connectivity index (χ1) is 7.56. The van der Waals surface area contributed by atoms with Crippen LogP contribution in [-0.4, -0.2) is 11.0 Å². The van der Waals surface area contributed by atoms with Crippen LogP contribution < -0.4 is 10.9 Å². The standard InChI is InChI=1S/C11H9NO4/c1-6(13)12-7-2-3-8-9(14)5-11(15)16-10(8)4-7/h2-5,14H,1H3,(H,12,13). The maximum absolute atomic E-state index is 11.0. The number of fused-ring (bicyclic) bond motifs is 1. The maximum atomic E-state index is 11.0. The molecule has 82 valence electrons. The minimum Gasteiger partial charge on any atom is -0.507 e. The molecule has 0 saturated carbocycles. The summed E-state index contributed by atoms with van der Waals surface area (Å²) < 4.78 is 4.90. The number of carbonyl (C=O) groups excluding carboxylic acids is 1. The second kappa shape index (κ2) is 3.69. The first-order valence-corrected chi connectivity index (χ1v) is 4.61. The highest BCUT2D eigenvalue weighted by Gasteiger charge is 2.05. The van der Waals surface area contributed by atoms with Gasteiger partial charge in [-0.1, -0.05) is 0 Å². The number of anilines is 1. The van der Waals surface area contributed by atoms with Crippen LogP contribution in [0.25, 0.3) is 11.0 Å². The molecule has 1 amide bonds. The molecular formula is C11H9NO4. The van der Waals surface area contributed by atoms with Gasteiger partial charge in [-0.05, 0) is 12.1 Å². The van der Waals surface area contributed by atoms with E-state index in [1.807, 2.05) is 0 Å². The van der Waals surface area contributed by atoms with Gasteiger partial charge < -0.3 is 14.8 Å². The molecule has 1 aromatic carbocycles. The number of aromatic hydroxyl groups is 1. The topological polar surface area (TPSA) is 79.5 Å². The first-order valence-electron chi connectivity index (χ1n) is 4.61. The van der Waals surface area contributed by atoms with Crippen LogP contribution in [0.4, 0.5) is 5.69 Å².